The third-order valence-corrected chi connectivity index (χ3v) is 8.29. The number of hydrogen-bond donors (Lipinski definition) is 1. The number of ketones is 2. The Balaban J connectivity index is 1.71. The van der Waals surface area contributed by atoms with Crippen LogP contribution < -0.4 is 0 Å². The summed E-state index contributed by atoms with van der Waals surface area (Å²) in [4.78, 5) is 24.0. The normalized spacial score (nSPS) is 49.9. The summed E-state index contributed by atoms with van der Waals surface area (Å²) < 4.78 is 0. The summed E-state index contributed by atoms with van der Waals surface area (Å²) in [6.45, 7) is 5.99. The average molecular weight is 328 g/mol. The predicted molar refractivity (Wildman–Crippen MR) is 92.2 cm³/mol. The van der Waals surface area contributed by atoms with E-state index < -0.39 is 5.60 Å². The Kier molecular flexibility index (Phi) is 3.32. The van der Waals surface area contributed by atoms with Crippen molar-refractivity contribution in [3.8, 4) is 0 Å². The SMILES string of the molecule is CC(=O)[C@@]1(O)CCC2C3CCC4=CC(=O)C=C[C@]4(C)C3CC[C@@]21C. The zero-order chi connectivity index (χ0) is 17.3. The molecule has 3 saturated carbocycles. The molecule has 3 unspecified atom stereocenters. The second kappa shape index (κ2) is 4.91. The van der Waals surface area contributed by atoms with Gasteiger partial charge in [-0.1, -0.05) is 25.5 Å². The summed E-state index contributed by atoms with van der Waals surface area (Å²) >= 11 is 0. The van der Waals surface area contributed by atoms with Crippen molar-refractivity contribution in [1.82, 2.24) is 0 Å². The number of fused-ring (bicyclic) bond motifs is 5. The topological polar surface area (TPSA) is 54.4 Å². The largest absolute Gasteiger partial charge is 0.382 e. The molecule has 6 atom stereocenters. The van der Waals surface area contributed by atoms with Crippen LogP contribution in [0.5, 0.6) is 0 Å². The lowest BCUT2D eigenvalue weighted by molar-refractivity contribution is -0.158. The fourth-order valence-electron chi connectivity index (χ4n) is 6.79. The molecule has 24 heavy (non-hydrogen) atoms. The molecule has 1 N–H and O–H groups in total. The van der Waals surface area contributed by atoms with E-state index in [1.54, 1.807) is 13.0 Å². The third-order valence-electron chi connectivity index (χ3n) is 8.29. The second-order valence-corrected chi connectivity index (χ2v) is 9.01. The van der Waals surface area contributed by atoms with Crippen molar-refractivity contribution in [3.05, 3.63) is 23.8 Å². The van der Waals surface area contributed by atoms with Gasteiger partial charge in [-0.3, -0.25) is 9.59 Å². The average Bonchev–Trinajstić information content (AvgIpc) is 2.81. The van der Waals surface area contributed by atoms with Gasteiger partial charge in [0.25, 0.3) is 0 Å². The van der Waals surface area contributed by atoms with Crippen molar-refractivity contribution in [3.63, 3.8) is 0 Å². The van der Waals surface area contributed by atoms with Gasteiger partial charge in [0, 0.05) is 10.8 Å². The molecule has 0 heterocycles. The zero-order valence-corrected chi connectivity index (χ0v) is 15.0. The van der Waals surface area contributed by atoms with Gasteiger partial charge in [0.1, 0.15) is 5.60 Å². The lowest BCUT2D eigenvalue weighted by Gasteiger charge is -2.57. The lowest BCUT2D eigenvalue weighted by Crippen LogP contribution is -2.56. The number of carbonyl (C=O) groups excluding carboxylic acids is 2. The maximum Gasteiger partial charge on any atom is 0.178 e. The highest BCUT2D eigenvalue weighted by Crippen LogP contribution is 2.66. The molecule has 0 aromatic rings. The molecule has 0 aromatic carbocycles. The Bertz CT molecular complexity index is 675. The predicted octanol–water partition coefficient (Wildman–Crippen LogP) is 3.61. The van der Waals surface area contributed by atoms with Gasteiger partial charge in [-0.05, 0) is 75.4 Å². The van der Waals surface area contributed by atoms with Crippen LogP contribution in [-0.4, -0.2) is 22.3 Å². The number of hydrogen-bond acceptors (Lipinski definition) is 3. The molecule has 3 heteroatoms. The number of allylic oxidation sites excluding steroid dienone is 4. The van der Waals surface area contributed by atoms with Crippen LogP contribution in [0.1, 0.15) is 59.3 Å². The first kappa shape index (κ1) is 16.3. The van der Waals surface area contributed by atoms with E-state index in [0.29, 0.717) is 24.2 Å². The molecule has 0 saturated heterocycles. The Morgan fingerprint density at radius 3 is 2.58 bits per heavy atom. The number of carbonyl (C=O) groups is 2. The van der Waals surface area contributed by atoms with Gasteiger partial charge in [-0.25, -0.2) is 0 Å². The summed E-state index contributed by atoms with van der Waals surface area (Å²) in [5.41, 5.74) is -0.154. The highest BCUT2D eigenvalue weighted by molar-refractivity contribution is 6.01. The van der Waals surface area contributed by atoms with Gasteiger partial charge < -0.3 is 5.11 Å². The van der Waals surface area contributed by atoms with E-state index in [9.17, 15) is 14.7 Å². The molecule has 3 nitrogen and oxygen atoms in total. The summed E-state index contributed by atoms with van der Waals surface area (Å²) in [6.07, 6.45) is 11.3. The van der Waals surface area contributed by atoms with E-state index in [2.05, 4.69) is 19.9 Å². The van der Waals surface area contributed by atoms with E-state index in [0.717, 1.165) is 32.1 Å². The van der Waals surface area contributed by atoms with E-state index in [-0.39, 0.29) is 22.4 Å². The van der Waals surface area contributed by atoms with Crippen molar-refractivity contribution in [1.29, 1.82) is 0 Å². The first-order valence-electron chi connectivity index (χ1n) is 9.40. The molecule has 4 rings (SSSR count). The summed E-state index contributed by atoms with van der Waals surface area (Å²) in [7, 11) is 0. The molecular formula is C21H28O3. The minimum Gasteiger partial charge on any atom is -0.382 e. The van der Waals surface area contributed by atoms with E-state index in [1.807, 2.05) is 6.08 Å². The summed E-state index contributed by atoms with van der Waals surface area (Å²) in [5.74, 6) is 1.53. The van der Waals surface area contributed by atoms with Gasteiger partial charge in [-0.15, -0.1) is 0 Å². The maximum absolute atomic E-state index is 12.2. The van der Waals surface area contributed by atoms with Crippen molar-refractivity contribution < 1.29 is 14.7 Å². The van der Waals surface area contributed by atoms with Crippen LogP contribution in [0.4, 0.5) is 0 Å². The fourth-order valence-corrected chi connectivity index (χ4v) is 6.79. The van der Waals surface area contributed by atoms with Gasteiger partial charge in [0.15, 0.2) is 11.6 Å². The standard InChI is InChI=1S/C21H28O3/c1-13(22)21(24)11-8-18-16-5-4-14-12-15(23)6-9-19(14,2)17(16)7-10-20(18,21)3/h6,9,12,16-18,24H,4-5,7-8,10-11H2,1-3H3/t16?,17?,18?,19-,20-,21-/m0/s1. The fraction of sp³-hybridized carbons (Fsp3) is 0.714. The smallest absolute Gasteiger partial charge is 0.178 e. The van der Waals surface area contributed by atoms with Gasteiger partial charge in [0.2, 0.25) is 0 Å². The van der Waals surface area contributed by atoms with E-state index in [1.165, 1.54) is 5.57 Å². The maximum atomic E-state index is 12.2. The molecule has 130 valence electrons. The van der Waals surface area contributed by atoms with Crippen LogP contribution in [0.3, 0.4) is 0 Å². The minimum absolute atomic E-state index is 0.0188. The first-order chi connectivity index (χ1) is 11.2. The lowest BCUT2D eigenvalue weighted by atomic mass is 9.47. The van der Waals surface area contributed by atoms with E-state index >= 15 is 0 Å². The van der Waals surface area contributed by atoms with Crippen LogP contribution in [0.15, 0.2) is 23.8 Å². The number of rotatable bonds is 1. The molecule has 3 fully saturated rings. The summed E-state index contributed by atoms with van der Waals surface area (Å²) in [6, 6.07) is 0. The number of aliphatic hydroxyl groups is 1. The molecule has 0 amide bonds. The molecule has 0 aliphatic heterocycles. The van der Waals surface area contributed by atoms with Crippen molar-refractivity contribution >= 4 is 11.6 Å². The molecule has 0 spiro atoms. The Morgan fingerprint density at radius 2 is 1.88 bits per heavy atom. The zero-order valence-electron chi connectivity index (χ0n) is 15.0. The Morgan fingerprint density at radius 1 is 1.17 bits per heavy atom. The van der Waals surface area contributed by atoms with Crippen LogP contribution in [-0.2, 0) is 9.59 Å². The first-order valence-corrected chi connectivity index (χ1v) is 9.40. The van der Waals surface area contributed by atoms with Crippen LogP contribution in [0.2, 0.25) is 0 Å². The third kappa shape index (κ3) is 1.82. The monoisotopic (exact) mass is 328 g/mol. The quantitative estimate of drug-likeness (QED) is 0.800. The Hall–Kier alpha value is -1.22. The van der Waals surface area contributed by atoms with Crippen molar-refractivity contribution in [2.45, 2.75) is 64.9 Å². The van der Waals surface area contributed by atoms with Gasteiger partial charge >= 0.3 is 0 Å². The highest BCUT2D eigenvalue weighted by atomic mass is 16.3. The molecule has 0 bridgehead atoms. The van der Waals surface area contributed by atoms with Gasteiger partial charge in [0.05, 0.1) is 0 Å². The van der Waals surface area contributed by atoms with Crippen molar-refractivity contribution in [2.24, 2.45) is 28.6 Å². The molecule has 0 radical (unpaired) electrons. The van der Waals surface area contributed by atoms with E-state index in [4.69, 9.17) is 0 Å². The summed E-state index contributed by atoms with van der Waals surface area (Å²) in [5, 5.41) is 11.1. The molecule has 4 aliphatic rings. The molecule has 4 aliphatic carbocycles. The van der Waals surface area contributed by atoms with Crippen LogP contribution in [0, 0.1) is 28.6 Å². The van der Waals surface area contributed by atoms with Gasteiger partial charge in [-0.2, -0.15) is 0 Å². The van der Waals surface area contributed by atoms with Crippen LogP contribution in [0.25, 0.3) is 0 Å². The Labute approximate surface area is 144 Å². The number of Topliss-reactive ketones (excluding diaryl/α,β-unsaturated/α-hetero) is 1. The molecular weight excluding hydrogens is 300 g/mol. The van der Waals surface area contributed by atoms with Crippen LogP contribution >= 0.6 is 0 Å². The molecule has 0 aromatic heterocycles. The highest BCUT2D eigenvalue weighted by Gasteiger charge is 2.65. The van der Waals surface area contributed by atoms with Crippen molar-refractivity contribution in [2.75, 3.05) is 0 Å². The minimum atomic E-state index is -1.14. The second-order valence-electron chi connectivity index (χ2n) is 9.01.